The van der Waals surface area contributed by atoms with Crippen LogP contribution in [-0.4, -0.2) is 25.0 Å². The molecule has 0 radical (unpaired) electrons. The Morgan fingerprint density at radius 3 is 2.35 bits per heavy atom. The Labute approximate surface area is 146 Å². The van der Waals surface area contributed by atoms with Gasteiger partial charge in [-0.2, -0.15) is 13.2 Å². The van der Waals surface area contributed by atoms with Gasteiger partial charge in [0.05, 0.1) is 12.7 Å². The highest BCUT2D eigenvalue weighted by Crippen LogP contribution is 2.29. The van der Waals surface area contributed by atoms with Crippen molar-refractivity contribution in [2.24, 2.45) is 0 Å². The van der Waals surface area contributed by atoms with E-state index in [0.29, 0.717) is 0 Å². The first-order chi connectivity index (χ1) is 12.2. The molecular formula is C18H15F4NO3. The van der Waals surface area contributed by atoms with E-state index in [-0.39, 0.29) is 17.5 Å². The molecule has 2 aromatic carbocycles. The molecule has 0 saturated heterocycles. The van der Waals surface area contributed by atoms with E-state index in [1.54, 1.807) is 0 Å². The molecule has 0 saturated carbocycles. The number of ether oxygens (including phenoxy) is 1. The minimum absolute atomic E-state index is 0.101. The second kappa shape index (κ2) is 7.99. The first-order valence-corrected chi connectivity index (χ1v) is 7.51. The van der Waals surface area contributed by atoms with Crippen LogP contribution in [0.15, 0.2) is 48.5 Å². The van der Waals surface area contributed by atoms with Gasteiger partial charge in [0.1, 0.15) is 11.9 Å². The molecule has 2 rings (SSSR count). The number of hydrogen-bond acceptors (Lipinski definition) is 3. The van der Waals surface area contributed by atoms with E-state index in [0.717, 1.165) is 31.4 Å². The van der Waals surface area contributed by atoms with Crippen LogP contribution < -0.4 is 5.32 Å². The highest BCUT2D eigenvalue weighted by atomic mass is 19.4. The zero-order valence-corrected chi connectivity index (χ0v) is 13.6. The molecule has 0 fully saturated rings. The molecule has 8 heteroatoms. The third-order valence-electron chi connectivity index (χ3n) is 3.59. The van der Waals surface area contributed by atoms with Gasteiger partial charge in [-0.25, -0.2) is 9.18 Å². The second-order valence-corrected chi connectivity index (χ2v) is 5.46. The normalized spacial score (nSPS) is 12.3. The van der Waals surface area contributed by atoms with Gasteiger partial charge in [0.2, 0.25) is 0 Å². The number of rotatable bonds is 5. The van der Waals surface area contributed by atoms with E-state index in [9.17, 15) is 27.2 Å². The summed E-state index contributed by atoms with van der Waals surface area (Å²) in [5, 5.41) is 2.39. The molecule has 0 bridgehead atoms. The lowest BCUT2D eigenvalue weighted by Gasteiger charge is -2.17. The maximum atomic E-state index is 12.9. The van der Waals surface area contributed by atoms with Gasteiger partial charge >= 0.3 is 12.1 Å². The van der Waals surface area contributed by atoms with E-state index in [2.05, 4.69) is 10.1 Å². The minimum Gasteiger partial charge on any atom is -0.467 e. The van der Waals surface area contributed by atoms with Crippen LogP contribution in [0.4, 0.5) is 17.6 Å². The van der Waals surface area contributed by atoms with Crippen LogP contribution in [0.5, 0.6) is 0 Å². The van der Waals surface area contributed by atoms with Gasteiger partial charge in [0.15, 0.2) is 0 Å². The fraction of sp³-hybridized carbons (Fsp3) is 0.222. The molecule has 1 amide bonds. The maximum Gasteiger partial charge on any atom is 0.416 e. The number of methoxy groups -OCH3 is 1. The van der Waals surface area contributed by atoms with Gasteiger partial charge in [-0.1, -0.05) is 18.2 Å². The SMILES string of the molecule is COC(=O)[C@@H](Cc1cccc(C(F)(F)F)c1)NC(=O)c1ccc(F)cc1. The predicted molar refractivity (Wildman–Crippen MR) is 84.8 cm³/mol. The first kappa shape index (κ1) is 19.4. The Morgan fingerprint density at radius 2 is 1.77 bits per heavy atom. The summed E-state index contributed by atoms with van der Waals surface area (Å²) in [6.07, 6.45) is -4.71. The number of carbonyl (C=O) groups is 2. The summed E-state index contributed by atoms with van der Waals surface area (Å²) in [6, 6.07) is 7.86. The summed E-state index contributed by atoms with van der Waals surface area (Å²) in [4.78, 5) is 24.1. The molecular weight excluding hydrogens is 354 g/mol. The Kier molecular flexibility index (Phi) is 5.97. The minimum atomic E-state index is -4.52. The van der Waals surface area contributed by atoms with Crippen molar-refractivity contribution in [3.63, 3.8) is 0 Å². The highest BCUT2D eigenvalue weighted by Gasteiger charge is 2.31. The average Bonchev–Trinajstić information content (AvgIpc) is 2.60. The Bertz CT molecular complexity index is 788. The van der Waals surface area contributed by atoms with Gasteiger partial charge in [-0.05, 0) is 35.9 Å². The number of hydrogen-bond donors (Lipinski definition) is 1. The monoisotopic (exact) mass is 369 g/mol. The van der Waals surface area contributed by atoms with Crippen molar-refractivity contribution in [3.8, 4) is 0 Å². The number of carbonyl (C=O) groups excluding carboxylic acids is 2. The number of esters is 1. The van der Waals surface area contributed by atoms with Crippen LogP contribution >= 0.6 is 0 Å². The quantitative estimate of drug-likeness (QED) is 0.650. The summed E-state index contributed by atoms with van der Waals surface area (Å²) in [5.41, 5.74) is -0.553. The van der Waals surface area contributed by atoms with Gasteiger partial charge < -0.3 is 10.1 Å². The summed E-state index contributed by atoms with van der Waals surface area (Å²) < 4.78 is 55.9. The molecule has 0 aliphatic heterocycles. The van der Waals surface area contributed by atoms with E-state index < -0.39 is 35.5 Å². The van der Waals surface area contributed by atoms with E-state index >= 15 is 0 Å². The number of alkyl halides is 3. The van der Waals surface area contributed by atoms with Crippen LogP contribution in [0.25, 0.3) is 0 Å². The molecule has 26 heavy (non-hydrogen) atoms. The van der Waals surface area contributed by atoms with Crippen molar-refractivity contribution in [3.05, 3.63) is 71.0 Å². The fourth-order valence-electron chi connectivity index (χ4n) is 2.29. The Balaban J connectivity index is 2.19. The first-order valence-electron chi connectivity index (χ1n) is 7.51. The lowest BCUT2D eigenvalue weighted by atomic mass is 10.0. The zero-order chi connectivity index (χ0) is 19.3. The largest absolute Gasteiger partial charge is 0.467 e. The van der Waals surface area contributed by atoms with Crippen molar-refractivity contribution in [2.75, 3.05) is 7.11 Å². The van der Waals surface area contributed by atoms with Gasteiger partial charge in [0, 0.05) is 12.0 Å². The van der Waals surface area contributed by atoms with Crippen molar-refractivity contribution in [1.82, 2.24) is 5.32 Å². The third-order valence-corrected chi connectivity index (χ3v) is 3.59. The number of nitrogens with one attached hydrogen (secondary N) is 1. The van der Waals surface area contributed by atoms with Crippen LogP contribution in [0.3, 0.4) is 0 Å². The highest BCUT2D eigenvalue weighted by molar-refractivity contribution is 5.96. The van der Waals surface area contributed by atoms with Crippen LogP contribution in [0.2, 0.25) is 0 Å². The topological polar surface area (TPSA) is 55.4 Å². The van der Waals surface area contributed by atoms with Gasteiger partial charge in [-0.15, -0.1) is 0 Å². The van der Waals surface area contributed by atoms with E-state index in [1.807, 2.05) is 0 Å². The van der Waals surface area contributed by atoms with Crippen molar-refractivity contribution in [2.45, 2.75) is 18.6 Å². The molecule has 0 spiro atoms. The second-order valence-electron chi connectivity index (χ2n) is 5.46. The van der Waals surface area contributed by atoms with Crippen LogP contribution in [0, 0.1) is 5.82 Å². The Hall–Kier alpha value is -2.90. The molecule has 0 heterocycles. The number of amides is 1. The molecule has 1 N–H and O–H groups in total. The molecule has 0 aromatic heterocycles. The van der Waals surface area contributed by atoms with E-state index in [1.165, 1.54) is 24.3 Å². The average molecular weight is 369 g/mol. The standard InChI is InChI=1S/C18H15F4NO3/c1-26-17(25)15(23-16(24)12-5-7-14(19)8-6-12)10-11-3-2-4-13(9-11)18(20,21)22/h2-9,15H,10H2,1H3,(H,23,24)/t15-/m1/s1. The van der Waals surface area contributed by atoms with Gasteiger partial charge in [-0.3, -0.25) is 4.79 Å². The van der Waals surface area contributed by atoms with Gasteiger partial charge in [0.25, 0.3) is 5.91 Å². The third kappa shape index (κ3) is 5.05. The molecule has 0 aliphatic rings. The van der Waals surface area contributed by atoms with Crippen LogP contribution in [0.1, 0.15) is 21.5 Å². The molecule has 0 aliphatic carbocycles. The summed E-state index contributed by atoms with van der Waals surface area (Å²) in [5.74, 6) is -2.01. The predicted octanol–water partition coefficient (Wildman–Crippen LogP) is 3.36. The lowest BCUT2D eigenvalue weighted by molar-refractivity contribution is -0.142. The molecule has 138 valence electrons. The summed E-state index contributed by atoms with van der Waals surface area (Å²) >= 11 is 0. The van der Waals surface area contributed by atoms with Crippen molar-refractivity contribution in [1.29, 1.82) is 0 Å². The smallest absolute Gasteiger partial charge is 0.416 e. The molecule has 0 unspecified atom stereocenters. The number of benzene rings is 2. The Morgan fingerprint density at radius 1 is 1.12 bits per heavy atom. The van der Waals surface area contributed by atoms with Crippen LogP contribution in [-0.2, 0) is 22.1 Å². The number of halogens is 4. The van der Waals surface area contributed by atoms with Crippen molar-refractivity contribution >= 4 is 11.9 Å². The lowest BCUT2D eigenvalue weighted by Crippen LogP contribution is -2.43. The molecule has 1 atom stereocenters. The molecule has 4 nitrogen and oxygen atoms in total. The maximum absolute atomic E-state index is 12.9. The van der Waals surface area contributed by atoms with Crippen molar-refractivity contribution < 1.29 is 31.9 Å². The summed E-state index contributed by atoms with van der Waals surface area (Å²) in [6.45, 7) is 0. The fourth-order valence-corrected chi connectivity index (χ4v) is 2.29. The zero-order valence-electron chi connectivity index (χ0n) is 13.6. The van der Waals surface area contributed by atoms with E-state index in [4.69, 9.17) is 0 Å². The molecule has 2 aromatic rings. The summed E-state index contributed by atoms with van der Waals surface area (Å²) in [7, 11) is 1.10.